The number of aromatic nitrogens is 1. The summed E-state index contributed by atoms with van der Waals surface area (Å²) in [6, 6.07) is 2.26. The number of hydrogen-bond donors (Lipinski definition) is 1. The van der Waals surface area contributed by atoms with E-state index in [0.717, 1.165) is 29.6 Å². The van der Waals surface area contributed by atoms with Crippen LogP contribution in [0.2, 0.25) is 0 Å². The molecule has 0 saturated heterocycles. The average molecular weight is 313 g/mol. The Morgan fingerprint density at radius 1 is 1.39 bits per heavy atom. The van der Waals surface area contributed by atoms with Crippen LogP contribution in [0.25, 0.3) is 0 Å². The summed E-state index contributed by atoms with van der Waals surface area (Å²) in [5, 5.41) is 3.18. The van der Waals surface area contributed by atoms with Crippen molar-refractivity contribution in [2.24, 2.45) is 0 Å². The van der Waals surface area contributed by atoms with E-state index in [9.17, 15) is 4.79 Å². The Kier molecular flexibility index (Phi) is 4.87. The molecule has 18 heavy (non-hydrogen) atoms. The van der Waals surface area contributed by atoms with E-state index in [4.69, 9.17) is 0 Å². The maximum absolute atomic E-state index is 12.3. The summed E-state index contributed by atoms with van der Waals surface area (Å²) in [5.41, 5.74) is 0.758. The van der Waals surface area contributed by atoms with E-state index < -0.39 is 0 Å². The molecular formula is C14H21BrN2O. The fraction of sp³-hybridized carbons (Fsp3) is 0.643. The molecule has 1 saturated carbocycles. The van der Waals surface area contributed by atoms with Crippen LogP contribution in [0, 0.1) is 0 Å². The molecule has 2 rings (SSSR count). The first-order valence-electron chi connectivity index (χ1n) is 6.87. The Morgan fingerprint density at radius 3 is 2.67 bits per heavy atom. The summed E-state index contributed by atoms with van der Waals surface area (Å²) in [4.78, 5) is 12.3. The van der Waals surface area contributed by atoms with E-state index in [0.29, 0.717) is 6.04 Å². The molecule has 100 valence electrons. The van der Waals surface area contributed by atoms with Gasteiger partial charge in [-0.15, -0.1) is 0 Å². The standard InChI is InChI=1S/C14H21BrN2O/c1-2-17-10-11(15)9-13(17)14(18)16-12-7-5-3-4-6-8-12/h9-10,12H,2-8H2,1H3,(H,16,18). The van der Waals surface area contributed by atoms with Gasteiger partial charge in [-0.1, -0.05) is 25.7 Å². The van der Waals surface area contributed by atoms with Crippen LogP contribution < -0.4 is 5.32 Å². The summed E-state index contributed by atoms with van der Waals surface area (Å²) in [6.07, 6.45) is 9.31. The smallest absolute Gasteiger partial charge is 0.268 e. The number of carbonyl (C=O) groups excluding carboxylic acids is 1. The second-order valence-corrected chi connectivity index (χ2v) is 5.91. The summed E-state index contributed by atoms with van der Waals surface area (Å²) in [7, 11) is 0. The van der Waals surface area contributed by atoms with Gasteiger partial charge in [0.1, 0.15) is 5.69 Å². The van der Waals surface area contributed by atoms with Gasteiger partial charge >= 0.3 is 0 Å². The Hall–Kier alpha value is -0.770. The van der Waals surface area contributed by atoms with Crippen LogP contribution in [-0.2, 0) is 6.54 Å². The molecule has 1 aliphatic rings. The van der Waals surface area contributed by atoms with E-state index in [1.165, 1.54) is 25.7 Å². The van der Waals surface area contributed by atoms with Crippen LogP contribution in [0.15, 0.2) is 16.7 Å². The van der Waals surface area contributed by atoms with Crippen molar-refractivity contribution in [3.05, 3.63) is 22.4 Å². The van der Waals surface area contributed by atoms with Gasteiger partial charge in [0, 0.05) is 23.3 Å². The minimum Gasteiger partial charge on any atom is -0.348 e. The molecule has 1 aliphatic carbocycles. The van der Waals surface area contributed by atoms with Crippen LogP contribution in [-0.4, -0.2) is 16.5 Å². The maximum atomic E-state index is 12.3. The third-order valence-electron chi connectivity index (χ3n) is 3.63. The Labute approximate surface area is 117 Å². The lowest BCUT2D eigenvalue weighted by Crippen LogP contribution is -2.35. The minimum atomic E-state index is 0.0643. The molecular weight excluding hydrogens is 292 g/mol. The largest absolute Gasteiger partial charge is 0.348 e. The number of aryl methyl sites for hydroxylation is 1. The molecule has 4 heteroatoms. The molecule has 0 aliphatic heterocycles. The van der Waals surface area contributed by atoms with Gasteiger partial charge < -0.3 is 9.88 Å². The van der Waals surface area contributed by atoms with Crippen LogP contribution in [0.4, 0.5) is 0 Å². The molecule has 1 amide bonds. The van der Waals surface area contributed by atoms with Crippen LogP contribution >= 0.6 is 15.9 Å². The number of nitrogens with zero attached hydrogens (tertiary/aromatic N) is 1. The monoisotopic (exact) mass is 312 g/mol. The van der Waals surface area contributed by atoms with E-state index in [-0.39, 0.29) is 5.91 Å². The van der Waals surface area contributed by atoms with Crippen molar-refractivity contribution in [3.63, 3.8) is 0 Å². The van der Waals surface area contributed by atoms with E-state index in [1.54, 1.807) is 0 Å². The van der Waals surface area contributed by atoms with Crippen molar-refractivity contribution in [2.75, 3.05) is 0 Å². The normalized spacial score (nSPS) is 17.4. The van der Waals surface area contributed by atoms with Gasteiger partial charge in [-0.3, -0.25) is 4.79 Å². The van der Waals surface area contributed by atoms with E-state index >= 15 is 0 Å². The zero-order valence-electron chi connectivity index (χ0n) is 10.9. The van der Waals surface area contributed by atoms with Crippen molar-refractivity contribution < 1.29 is 4.79 Å². The lowest BCUT2D eigenvalue weighted by molar-refractivity contribution is 0.0924. The summed E-state index contributed by atoms with van der Waals surface area (Å²) >= 11 is 3.43. The van der Waals surface area contributed by atoms with Gasteiger partial charge in [0.15, 0.2) is 0 Å². The first-order valence-corrected chi connectivity index (χ1v) is 7.66. The Balaban J connectivity index is 2.01. The lowest BCUT2D eigenvalue weighted by atomic mass is 10.1. The second kappa shape index (κ2) is 6.41. The summed E-state index contributed by atoms with van der Waals surface area (Å²) in [6.45, 7) is 2.87. The topological polar surface area (TPSA) is 34.0 Å². The third-order valence-corrected chi connectivity index (χ3v) is 4.06. The van der Waals surface area contributed by atoms with Crippen molar-refractivity contribution in [1.82, 2.24) is 9.88 Å². The number of carbonyl (C=O) groups is 1. The molecule has 1 aromatic heterocycles. The zero-order valence-corrected chi connectivity index (χ0v) is 12.5. The third kappa shape index (κ3) is 3.37. The van der Waals surface area contributed by atoms with Crippen LogP contribution in [0.3, 0.4) is 0 Å². The zero-order chi connectivity index (χ0) is 13.0. The minimum absolute atomic E-state index is 0.0643. The predicted molar refractivity (Wildman–Crippen MR) is 76.8 cm³/mol. The fourth-order valence-electron chi connectivity index (χ4n) is 2.61. The van der Waals surface area contributed by atoms with Crippen molar-refractivity contribution in [3.8, 4) is 0 Å². The highest BCUT2D eigenvalue weighted by atomic mass is 79.9. The number of amides is 1. The van der Waals surface area contributed by atoms with Crippen molar-refractivity contribution >= 4 is 21.8 Å². The first-order chi connectivity index (χ1) is 8.70. The molecule has 0 spiro atoms. The second-order valence-electron chi connectivity index (χ2n) is 4.99. The number of hydrogen-bond acceptors (Lipinski definition) is 1. The van der Waals surface area contributed by atoms with Crippen LogP contribution in [0.5, 0.6) is 0 Å². The predicted octanol–water partition coefficient (Wildman–Crippen LogP) is 3.72. The summed E-state index contributed by atoms with van der Waals surface area (Å²) in [5.74, 6) is 0.0643. The van der Waals surface area contributed by atoms with Gasteiger partial charge in [0.25, 0.3) is 5.91 Å². The van der Waals surface area contributed by atoms with E-state index in [2.05, 4.69) is 28.2 Å². The quantitative estimate of drug-likeness (QED) is 0.848. The maximum Gasteiger partial charge on any atom is 0.268 e. The first kappa shape index (κ1) is 13.7. The Morgan fingerprint density at radius 2 is 2.06 bits per heavy atom. The average Bonchev–Trinajstić information content (AvgIpc) is 2.57. The van der Waals surface area contributed by atoms with E-state index in [1.807, 2.05) is 16.8 Å². The number of nitrogens with one attached hydrogen (secondary N) is 1. The summed E-state index contributed by atoms with van der Waals surface area (Å²) < 4.78 is 2.95. The highest BCUT2D eigenvalue weighted by Crippen LogP contribution is 2.19. The highest BCUT2D eigenvalue weighted by Gasteiger charge is 2.18. The highest BCUT2D eigenvalue weighted by molar-refractivity contribution is 9.10. The van der Waals surface area contributed by atoms with Crippen molar-refractivity contribution in [2.45, 2.75) is 58.0 Å². The van der Waals surface area contributed by atoms with Gasteiger partial charge in [-0.05, 0) is 41.8 Å². The number of halogens is 1. The Bertz CT molecular complexity index is 406. The molecule has 1 aromatic rings. The van der Waals surface area contributed by atoms with Crippen molar-refractivity contribution in [1.29, 1.82) is 0 Å². The van der Waals surface area contributed by atoms with Gasteiger partial charge in [0.2, 0.25) is 0 Å². The van der Waals surface area contributed by atoms with Gasteiger partial charge in [-0.2, -0.15) is 0 Å². The number of rotatable bonds is 3. The molecule has 1 heterocycles. The lowest BCUT2D eigenvalue weighted by Gasteiger charge is -2.16. The fourth-order valence-corrected chi connectivity index (χ4v) is 3.07. The molecule has 1 fully saturated rings. The molecule has 0 atom stereocenters. The molecule has 0 aromatic carbocycles. The van der Waals surface area contributed by atoms with Crippen LogP contribution in [0.1, 0.15) is 55.9 Å². The molecule has 0 radical (unpaired) electrons. The SMILES string of the molecule is CCn1cc(Br)cc1C(=O)NC1CCCCCC1. The molecule has 0 unspecified atom stereocenters. The molecule has 1 N–H and O–H groups in total. The molecule has 3 nitrogen and oxygen atoms in total. The van der Waals surface area contributed by atoms with Gasteiger partial charge in [0.05, 0.1) is 0 Å². The van der Waals surface area contributed by atoms with Gasteiger partial charge in [-0.25, -0.2) is 0 Å². The molecule has 0 bridgehead atoms.